The normalized spacial score (nSPS) is 14.6. The van der Waals surface area contributed by atoms with E-state index in [0.29, 0.717) is 17.9 Å². The maximum atomic E-state index is 13.9. The average molecular weight is 254 g/mol. The number of halogens is 1. The summed E-state index contributed by atoms with van der Waals surface area (Å²) in [6.07, 6.45) is 0.419. The Morgan fingerprint density at radius 3 is 2.44 bits per heavy atom. The average Bonchev–Trinajstić information content (AvgIpc) is 2.26. The van der Waals surface area contributed by atoms with Crippen molar-refractivity contribution in [1.29, 1.82) is 0 Å². The third-order valence-electron chi connectivity index (χ3n) is 3.24. The molecule has 0 bridgehead atoms. The van der Waals surface area contributed by atoms with Crippen molar-refractivity contribution < 1.29 is 9.31 Å². The molecule has 0 aromatic heterocycles. The van der Waals surface area contributed by atoms with Gasteiger partial charge in [0.05, 0.1) is 4.92 Å². The molecule has 2 N–H and O–H groups in total. The molecule has 0 amide bonds. The van der Waals surface area contributed by atoms with Crippen LogP contribution in [0.5, 0.6) is 0 Å². The Morgan fingerprint density at radius 2 is 2.00 bits per heavy atom. The van der Waals surface area contributed by atoms with Crippen molar-refractivity contribution in [3.8, 4) is 0 Å². The van der Waals surface area contributed by atoms with Gasteiger partial charge >= 0.3 is 5.69 Å². The van der Waals surface area contributed by atoms with Crippen molar-refractivity contribution >= 4 is 5.69 Å². The molecule has 1 rings (SSSR count). The van der Waals surface area contributed by atoms with Crippen LogP contribution >= 0.6 is 0 Å². The molecule has 0 spiro atoms. The zero-order chi connectivity index (χ0) is 13.9. The van der Waals surface area contributed by atoms with Crippen LogP contribution in [0.15, 0.2) is 18.2 Å². The van der Waals surface area contributed by atoms with E-state index in [1.165, 1.54) is 12.1 Å². The summed E-state index contributed by atoms with van der Waals surface area (Å²) in [5.74, 6) is -0.348. The summed E-state index contributed by atoms with van der Waals surface area (Å²) in [5.41, 5.74) is 5.77. The highest BCUT2D eigenvalue weighted by molar-refractivity contribution is 5.37. The standard InChI is InChI=1S/C13H19FN2O2/c1-8(2)11(9(3)15)7-10-5-4-6-12(13(10)14)16(17)18/h4-6,8-9,11H,7,15H2,1-3H3. The first-order chi connectivity index (χ1) is 8.34. The summed E-state index contributed by atoms with van der Waals surface area (Å²) in [6, 6.07) is 4.19. The predicted molar refractivity (Wildman–Crippen MR) is 68.7 cm³/mol. The van der Waals surface area contributed by atoms with Crippen LogP contribution in [0.3, 0.4) is 0 Å². The van der Waals surface area contributed by atoms with E-state index in [2.05, 4.69) is 0 Å². The lowest BCUT2D eigenvalue weighted by Gasteiger charge is -2.24. The minimum absolute atomic E-state index is 0.0799. The molecule has 1 aromatic rings. The second kappa shape index (κ2) is 5.91. The largest absolute Gasteiger partial charge is 0.328 e. The lowest BCUT2D eigenvalue weighted by atomic mass is 9.84. The van der Waals surface area contributed by atoms with E-state index < -0.39 is 16.4 Å². The van der Waals surface area contributed by atoms with Crippen molar-refractivity contribution in [1.82, 2.24) is 0 Å². The van der Waals surface area contributed by atoms with Gasteiger partial charge in [0.15, 0.2) is 0 Å². The van der Waals surface area contributed by atoms with Gasteiger partial charge in [0.25, 0.3) is 0 Å². The quantitative estimate of drug-likeness (QED) is 0.648. The molecule has 4 nitrogen and oxygen atoms in total. The van der Waals surface area contributed by atoms with Gasteiger partial charge in [0.2, 0.25) is 5.82 Å². The number of nitrogens with zero attached hydrogens (tertiary/aromatic N) is 1. The molecule has 0 saturated heterocycles. The number of benzene rings is 1. The Balaban J connectivity index is 3.04. The molecule has 100 valence electrons. The van der Waals surface area contributed by atoms with Crippen LogP contribution in [-0.2, 0) is 6.42 Å². The molecular weight excluding hydrogens is 235 g/mol. The van der Waals surface area contributed by atoms with Crippen molar-refractivity contribution in [2.75, 3.05) is 0 Å². The molecule has 2 atom stereocenters. The van der Waals surface area contributed by atoms with Crippen LogP contribution in [0.1, 0.15) is 26.3 Å². The first kappa shape index (κ1) is 14.6. The fourth-order valence-corrected chi connectivity index (χ4v) is 2.15. The molecule has 1 aromatic carbocycles. The van der Waals surface area contributed by atoms with E-state index in [1.807, 2.05) is 20.8 Å². The van der Waals surface area contributed by atoms with E-state index in [0.717, 1.165) is 0 Å². The van der Waals surface area contributed by atoms with Gasteiger partial charge in [-0.2, -0.15) is 4.39 Å². The van der Waals surface area contributed by atoms with Gasteiger partial charge in [0, 0.05) is 12.1 Å². The number of hydrogen-bond acceptors (Lipinski definition) is 3. The molecule has 5 heteroatoms. The smallest absolute Gasteiger partial charge is 0.305 e. The summed E-state index contributed by atoms with van der Waals surface area (Å²) >= 11 is 0. The Kier molecular flexibility index (Phi) is 4.78. The van der Waals surface area contributed by atoms with Gasteiger partial charge in [-0.05, 0) is 30.7 Å². The second-order valence-corrected chi connectivity index (χ2v) is 4.98. The lowest BCUT2D eigenvalue weighted by Crippen LogP contribution is -2.32. The van der Waals surface area contributed by atoms with Crippen LogP contribution in [0.2, 0.25) is 0 Å². The summed E-state index contributed by atoms with van der Waals surface area (Å²) in [4.78, 5) is 9.97. The van der Waals surface area contributed by atoms with E-state index in [-0.39, 0.29) is 12.0 Å². The van der Waals surface area contributed by atoms with E-state index in [9.17, 15) is 14.5 Å². The molecule has 0 aliphatic rings. The van der Waals surface area contributed by atoms with Crippen LogP contribution in [0.25, 0.3) is 0 Å². The van der Waals surface area contributed by atoms with Gasteiger partial charge in [0.1, 0.15) is 0 Å². The fraction of sp³-hybridized carbons (Fsp3) is 0.538. The van der Waals surface area contributed by atoms with E-state index >= 15 is 0 Å². The number of nitro benzene ring substituents is 1. The molecule has 2 unspecified atom stereocenters. The summed E-state index contributed by atoms with van der Waals surface area (Å²) in [6.45, 7) is 5.91. The Labute approximate surface area is 106 Å². The third kappa shape index (κ3) is 3.26. The molecule has 0 heterocycles. The first-order valence-corrected chi connectivity index (χ1v) is 6.02. The monoisotopic (exact) mass is 254 g/mol. The lowest BCUT2D eigenvalue weighted by molar-refractivity contribution is -0.387. The highest BCUT2D eigenvalue weighted by atomic mass is 19.1. The van der Waals surface area contributed by atoms with Gasteiger partial charge in [-0.25, -0.2) is 0 Å². The molecular formula is C13H19FN2O2. The van der Waals surface area contributed by atoms with Gasteiger partial charge in [-0.1, -0.05) is 26.0 Å². The Morgan fingerprint density at radius 1 is 1.39 bits per heavy atom. The fourth-order valence-electron chi connectivity index (χ4n) is 2.15. The van der Waals surface area contributed by atoms with Crippen molar-refractivity contribution in [3.63, 3.8) is 0 Å². The van der Waals surface area contributed by atoms with E-state index in [4.69, 9.17) is 5.73 Å². The topological polar surface area (TPSA) is 69.2 Å². The number of rotatable bonds is 5. The number of hydrogen-bond donors (Lipinski definition) is 1. The highest BCUT2D eigenvalue weighted by Crippen LogP contribution is 2.26. The Bertz CT molecular complexity index is 425. The van der Waals surface area contributed by atoms with Gasteiger partial charge in [-0.3, -0.25) is 10.1 Å². The highest BCUT2D eigenvalue weighted by Gasteiger charge is 2.23. The molecule has 0 saturated carbocycles. The van der Waals surface area contributed by atoms with E-state index in [1.54, 1.807) is 6.07 Å². The molecule has 0 radical (unpaired) electrons. The second-order valence-electron chi connectivity index (χ2n) is 4.98. The molecule has 18 heavy (non-hydrogen) atoms. The first-order valence-electron chi connectivity index (χ1n) is 6.02. The summed E-state index contributed by atoms with van der Waals surface area (Å²) in [5, 5.41) is 10.7. The van der Waals surface area contributed by atoms with Gasteiger partial charge < -0.3 is 5.73 Å². The summed E-state index contributed by atoms with van der Waals surface area (Å²) < 4.78 is 13.9. The maximum absolute atomic E-state index is 13.9. The summed E-state index contributed by atoms with van der Waals surface area (Å²) in [7, 11) is 0. The zero-order valence-corrected chi connectivity index (χ0v) is 10.9. The maximum Gasteiger partial charge on any atom is 0.305 e. The Hall–Kier alpha value is -1.49. The van der Waals surface area contributed by atoms with Crippen LogP contribution in [-0.4, -0.2) is 11.0 Å². The third-order valence-corrected chi connectivity index (χ3v) is 3.24. The number of nitro groups is 1. The van der Waals surface area contributed by atoms with Crippen LogP contribution in [0.4, 0.5) is 10.1 Å². The predicted octanol–water partition coefficient (Wildman–Crippen LogP) is 2.90. The molecule has 0 aliphatic carbocycles. The number of nitrogens with two attached hydrogens (primary N) is 1. The molecule has 0 aliphatic heterocycles. The van der Waals surface area contributed by atoms with Crippen LogP contribution < -0.4 is 5.73 Å². The SMILES string of the molecule is CC(C)C(Cc1cccc([N+](=O)[O-])c1F)C(C)N. The minimum Gasteiger partial charge on any atom is -0.328 e. The minimum atomic E-state index is -0.742. The zero-order valence-electron chi connectivity index (χ0n) is 10.9. The van der Waals surface area contributed by atoms with Gasteiger partial charge in [-0.15, -0.1) is 0 Å². The van der Waals surface area contributed by atoms with Crippen molar-refractivity contribution in [2.24, 2.45) is 17.6 Å². The molecule has 0 fully saturated rings. The van der Waals surface area contributed by atoms with Crippen LogP contribution in [0, 0.1) is 27.8 Å². The van der Waals surface area contributed by atoms with Crippen molar-refractivity contribution in [2.45, 2.75) is 33.2 Å². The van der Waals surface area contributed by atoms with Crippen molar-refractivity contribution in [3.05, 3.63) is 39.7 Å².